The molecule has 0 heterocycles. The number of nitriles is 2. The molecule has 0 bridgehead atoms. The monoisotopic (exact) mass is 286 g/mol. The van der Waals surface area contributed by atoms with Gasteiger partial charge in [-0.25, -0.2) is 0 Å². The van der Waals surface area contributed by atoms with E-state index in [4.69, 9.17) is 0 Å². The molecule has 0 spiro atoms. The van der Waals surface area contributed by atoms with E-state index < -0.39 is 10.8 Å². The second-order valence-electron chi connectivity index (χ2n) is 5.56. The zero-order valence-electron chi connectivity index (χ0n) is 12.7. The van der Waals surface area contributed by atoms with Crippen LogP contribution in [-0.4, -0.2) is 0 Å². The number of rotatable bonds is 5. The van der Waals surface area contributed by atoms with Crippen molar-refractivity contribution >= 4 is 0 Å². The number of benzene rings is 2. The van der Waals surface area contributed by atoms with Gasteiger partial charge in [-0.1, -0.05) is 66.7 Å². The van der Waals surface area contributed by atoms with Gasteiger partial charge in [0.25, 0.3) is 0 Å². The molecule has 2 aromatic carbocycles. The van der Waals surface area contributed by atoms with Gasteiger partial charge in [-0.05, 0) is 18.1 Å². The molecule has 108 valence electrons. The van der Waals surface area contributed by atoms with Gasteiger partial charge in [0, 0.05) is 11.8 Å². The summed E-state index contributed by atoms with van der Waals surface area (Å²) >= 11 is 0. The molecule has 0 saturated heterocycles. The van der Waals surface area contributed by atoms with E-state index in [0.29, 0.717) is 6.42 Å². The van der Waals surface area contributed by atoms with Crippen molar-refractivity contribution in [2.45, 2.75) is 18.8 Å². The van der Waals surface area contributed by atoms with Crippen molar-refractivity contribution in [2.24, 2.45) is 5.41 Å². The van der Waals surface area contributed by atoms with E-state index in [-0.39, 0.29) is 0 Å². The van der Waals surface area contributed by atoms with E-state index in [2.05, 4.69) is 18.7 Å². The van der Waals surface area contributed by atoms with Crippen molar-refractivity contribution in [3.63, 3.8) is 0 Å². The molecule has 2 aromatic rings. The standard InChI is InChI=1S/C20H18N2/c1-3-19(2,18-12-8-5-9-13-18)20(15-21,16-22)14-17-10-6-4-7-11-17/h3-13H,1,14H2,2H3/t19-/m0/s1. The summed E-state index contributed by atoms with van der Waals surface area (Å²) in [6.07, 6.45) is 2.08. The van der Waals surface area contributed by atoms with E-state index in [0.717, 1.165) is 11.1 Å². The molecule has 0 aliphatic rings. The van der Waals surface area contributed by atoms with Gasteiger partial charge in [-0.15, -0.1) is 6.58 Å². The maximum atomic E-state index is 9.85. The molecule has 0 aliphatic carbocycles. The second kappa shape index (κ2) is 6.29. The lowest BCUT2D eigenvalue weighted by Gasteiger charge is -2.38. The second-order valence-corrected chi connectivity index (χ2v) is 5.56. The summed E-state index contributed by atoms with van der Waals surface area (Å²) in [7, 11) is 0. The highest BCUT2D eigenvalue weighted by atomic mass is 14.5. The molecule has 0 unspecified atom stereocenters. The average Bonchev–Trinajstić information content (AvgIpc) is 2.60. The van der Waals surface area contributed by atoms with E-state index in [1.54, 1.807) is 6.08 Å². The molecule has 0 N–H and O–H groups in total. The maximum absolute atomic E-state index is 9.85. The lowest BCUT2D eigenvalue weighted by atomic mass is 9.60. The molecule has 0 aromatic heterocycles. The molecule has 2 nitrogen and oxygen atoms in total. The zero-order valence-corrected chi connectivity index (χ0v) is 12.7. The van der Waals surface area contributed by atoms with Gasteiger partial charge in [0.2, 0.25) is 0 Å². The summed E-state index contributed by atoms with van der Waals surface area (Å²) in [6, 6.07) is 23.8. The Kier molecular flexibility index (Phi) is 4.44. The maximum Gasteiger partial charge on any atom is 0.160 e. The number of hydrogen-bond acceptors (Lipinski definition) is 2. The van der Waals surface area contributed by atoms with Gasteiger partial charge in [0.1, 0.15) is 0 Å². The Labute approximate surface area is 132 Å². The molecule has 0 radical (unpaired) electrons. The van der Waals surface area contributed by atoms with Crippen LogP contribution in [0.1, 0.15) is 18.1 Å². The average molecular weight is 286 g/mol. The first-order valence-corrected chi connectivity index (χ1v) is 7.17. The largest absolute Gasteiger partial charge is 0.196 e. The van der Waals surface area contributed by atoms with Crippen LogP contribution >= 0.6 is 0 Å². The first-order valence-electron chi connectivity index (χ1n) is 7.17. The highest BCUT2D eigenvalue weighted by molar-refractivity contribution is 5.42. The summed E-state index contributed by atoms with van der Waals surface area (Å²) in [5, 5.41) is 19.7. The smallest absolute Gasteiger partial charge is 0.160 e. The van der Waals surface area contributed by atoms with Gasteiger partial charge in [-0.3, -0.25) is 0 Å². The summed E-state index contributed by atoms with van der Waals surface area (Å²) < 4.78 is 0. The molecule has 0 amide bonds. The Morgan fingerprint density at radius 2 is 1.45 bits per heavy atom. The highest BCUT2D eigenvalue weighted by Gasteiger charge is 2.48. The fourth-order valence-corrected chi connectivity index (χ4v) is 2.74. The Bertz CT molecular complexity index is 706. The van der Waals surface area contributed by atoms with Gasteiger partial charge < -0.3 is 0 Å². The van der Waals surface area contributed by atoms with Crippen LogP contribution in [0.5, 0.6) is 0 Å². The number of nitrogens with zero attached hydrogens (tertiary/aromatic N) is 2. The highest BCUT2D eigenvalue weighted by Crippen LogP contribution is 2.44. The van der Waals surface area contributed by atoms with Crippen LogP contribution in [0.3, 0.4) is 0 Å². The molecular weight excluding hydrogens is 268 g/mol. The van der Waals surface area contributed by atoms with Crippen molar-refractivity contribution in [1.29, 1.82) is 10.5 Å². The summed E-state index contributed by atoms with van der Waals surface area (Å²) in [5.74, 6) is 0. The SMILES string of the molecule is C=C[C@@](C)(c1ccccc1)C(C#N)(C#N)Cc1ccccc1. The molecule has 0 fully saturated rings. The van der Waals surface area contributed by atoms with Gasteiger partial charge in [-0.2, -0.15) is 10.5 Å². The van der Waals surface area contributed by atoms with E-state index in [1.807, 2.05) is 67.6 Å². The Morgan fingerprint density at radius 3 is 1.91 bits per heavy atom. The minimum atomic E-state index is -1.21. The lowest BCUT2D eigenvalue weighted by molar-refractivity contribution is 0.338. The van der Waals surface area contributed by atoms with E-state index >= 15 is 0 Å². The third-order valence-corrected chi connectivity index (χ3v) is 4.36. The third-order valence-electron chi connectivity index (χ3n) is 4.36. The van der Waals surface area contributed by atoms with Crippen LogP contribution in [0.2, 0.25) is 0 Å². The molecule has 22 heavy (non-hydrogen) atoms. The molecule has 1 atom stereocenters. The lowest BCUT2D eigenvalue weighted by Crippen LogP contribution is -2.42. The van der Waals surface area contributed by atoms with Crippen LogP contribution in [-0.2, 0) is 11.8 Å². The fourth-order valence-electron chi connectivity index (χ4n) is 2.74. The number of allylic oxidation sites excluding steroid dienone is 1. The quantitative estimate of drug-likeness (QED) is 0.764. The van der Waals surface area contributed by atoms with Gasteiger partial charge in [0.15, 0.2) is 5.41 Å². The minimum Gasteiger partial charge on any atom is -0.196 e. The fraction of sp³-hybridized carbons (Fsp3) is 0.200. The predicted octanol–water partition coefficient (Wildman–Crippen LogP) is 4.41. The van der Waals surface area contributed by atoms with Gasteiger partial charge >= 0.3 is 0 Å². The summed E-state index contributed by atoms with van der Waals surface area (Å²) in [5.41, 5.74) is -0.0796. The van der Waals surface area contributed by atoms with Crippen LogP contribution in [0.4, 0.5) is 0 Å². The topological polar surface area (TPSA) is 47.6 Å². The van der Waals surface area contributed by atoms with Crippen LogP contribution < -0.4 is 0 Å². The van der Waals surface area contributed by atoms with Crippen molar-refractivity contribution < 1.29 is 0 Å². The molecule has 2 heteroatoms. The van der Waals surface area contributed by atoms with Crippen LogP contribution in [0.25, 0.3) is 0 Å². The molecule has 2 rings (SSSR count). The predicted molar refractivity (Wildman–Crippen MR) is 87.8 cm³/mol. The van der Waals surface area contributed by atoms with Gasteiger partial charge in [0.05, 0.1) is 12.1 Å². The van der Waals surface area contributed by atoms with Crippen molar-refractivity contribution in [3.8, 4) is 12.1 Å². The van der Waals surface area contributed by atoms with E-state index in [1.165, 1.54) is 0 Å². The normalized spacial score (nSPS) is 13.4. The summed E-state index contributed by atoms with van der Waals surface area (Å²) in [4.78, 5) is 0. The Hall–Kier alpha value is -2.84. The zero-order chi connectivity index (χ0) is 16.1. The van der Waals surface area contributed by atoms with Crippen molar-refractivity contribution in [1.82, 2.24) is 0 Å². The van der Waals surface area contributed by atoms with Crippen molar-refractivity contribution in [2.75, 3.05) is 0 Å². The van der Waals surface area contributed by atoms with Crippen LogP contribution in [0, 0.1) is 28.1 Å². The molecule has 0 aliphatic heterocycles. The molecular formula is C20H18N2. The first kappa shape index (κ1) is 15.5. The van der Waals surface area contributed by atoms with Crippen molar-refractivity contribution in [3.05, 3.63) is 84.4 Å². The Morgan fingerprint density at radius 1 is 0.955 bits per heavy atom. The van der Waals surface area contributed by atoms with Crippen LogP contribution in [0.15, 0.2) is 73.3 Å². The third kappa shape index (κ3) is 2.52. The summed E-state index contributed by atoms with van der Waals surface area (Å²) in [6.45, 7) is 5.82. The minimum absolute atomic E-state index is 0.359. The molecule has 0 saturated carbocycles. The van der Waals surface area contributed by atoms with E-state index in [9.17, 15) is 10.5 Å². The number of hydrogen-bond donors (Lipinski definition) is 0. The first-order chi connectivity index (χ1) is 10.6. The Balaban J connectivity index is 2.57.